The number of fused-ring (bicyclic) bond motifs is 1. The van der Waals surface area contributed by atoms with E-state index in [4.69, 9.17) is 10.2 Å². The molecule has 1 aromatic heterocycles. The van der Waals surface area contributed by atoms with E-state index in [-0.39, 0.29) is 5.54 Å². The highest BCUT2D eigenvalue weighted by atomic mass is 16.4. The molecule has 5 heteroatoms. The Morgan fingerprint density at radius 2 is 1.85 bits per heavy atom. The molecule has 1 aliphatic heterocycles. The zero-order valence-electron chi connectivity index (χ0n) is 12.4. The first-order valence-electron chi connectivity index (χ1n) is 7.10. The molecule has 1 saturated heterocycles. The number of nitrogens with zero attached hydrogens (tertiary/aromatic N) is 3. The van der Waals surface area contributed by atoms with E-state index in [2.05, 4.69) is 35.6 Å². The largest absolute Gasteiger partial charge is 0.423 e. The third-order valence-electron chi connectivity index (χ3n) is 3.94. The Balaban J connectivity index is 1.78. The molecule has 108 valence electrons. The average Bonchev–Trinajstić information content (AvgIpc) is 2.83. The molecule has 0 spiro atoms. The first-order chi connectivity index (χ1) is 9.45. The van der Waals surface area contributed by atoms with E-state index < -0.39 is 0 Å². The fraction of sp³-hybridized carbons (Fsp3) is 0.533. The molecule has 0 atom stereocenters. The molecule has 1 fully saturated rings. The van der Waals surface area contributed by atoms with E-state index in [9.17, 15) is 0 Å². The summed E-state index contributed by atoms with van der Waals surface area (Å²) in [4.78, 5) is 9.22. The third kappa shape index (κ3) is 2.33. The molecular formula is C15H22N4O. The van der Waals surface area contributed by atoms with Gasteiger partial charge in [-0.25, -0.2) is 0 Å². The van der Waals surface area contributed by atoms with Gasteiger partial charge in [0.1, 0.15) is 5.52 Å². The van der Waals surface area contributed by atoms with Crippen molar-refractivity contribution >= 4 is 22.8 Å². The second-order valence-corrected chi connectivity index (χ2v) is 6.34. The number of rotatable bonds is 1. The summed E-state index contributed by atoms with van der Waals surface area (Å²) in [5.41, 5.74) is 8.35. The van der Waals surface area contributed by atoms with Crippen LogP contribution in [0, 0.1) is 0 Å². The SMILES string of the molecule is CC(C)(C)N1CCN(c2nc3c(N)cccc3o2)CC1. The van der Waals surface area contributed by atoms with Crippen molar-refractivity contribution in [1.82, 2.24) is 9.88 Å². The summed E-state index contributed by atoms with van der Waals surface area (Å²) in [6, 6.07) is 6.34. The van der Waals surface area contributed by atoms with E-state index in [1.54, 1.807) is 0 Å². The topological polar surface area (TPSA) is 58.5 Å². The highest BCUT2D eigenvalue weighted by molar-refractivity contribution is 5.86. The number of hydrogen-bond acceptors (Lipinski definition) is 5. The zero-order chi connectivity index (χ0) is 14.3. The molecule has 0 amide bonds. The predicted molar refractivity (Wildman–Crippen MR) is 82.0 cm³/mol. The fourth-order valence-corrected chi connectivity index (χ4v) is 2.66. The summed E-state index contributed by atoms with van der Waals surface area (Å²) in [6.07, 6.45) is 0. The Hall–Kier alpha value is -1.75. The van der Waals surface area contributed by atoms with Crippen LogP contribution < -0.4 is 10.6 Å². The summed E-state index contributed by atoms with van der Waals surface area (Å²) < 4.78 is 5.83. The van der Waals surface area contributed by atoms with Gasteiger partial charge in [-0.15, -0.1) is 0 Å². The van der Waals surface area contributed by atoms with Crippen LogP contribution in [0.1, 0.15) is 20.8 Å². The number of aromatic nitrogens is 1. The Morgan fingerprint density at radius 3 is 2.45 bits per heavy atom. The van der Waals surface area contributed by atoms with Crippen LogP contribution in [0.4, 0.5) is 11.7 Å². The minimum atomic E-state index is 0.220. The second kappa shape index (κ2) is 4.66. The van der Waals surface area contributed by atoms with Crippen molar-refractivity contribution in [3.05, 3.63) is 18.2 Å². The van der Waals surface area contributed by atoms with Gasteiger partial charge in [0, 0.05) is 31.7 Å². The molecule has 0 aliphatic carbocycles. The van der Waals surface area contributed by atoms with Gasteiger partial charge in [-0.3, -0.25) is 4.90 Å². The van der Waals surface area contributed by atoms with Crippen LogP contribution in [0.3, 0.4) is 0 Å². The van der Waals surface area contributed by atoms with Crippen molar-refractivity contribution in [2.75, 3.05) is 36.8 Å². The molecule has 2 aromatic rings. The Bertz CT molecular complexity index is 606. The molecule has 3 rings (SSSR count). The van der Waals surface area contributed by atoms with Gasteiger partial charge in [-0.2, -0.15) is 4.98 Å². The lowest BCUT2D eigenvalue weighted by atomic mass is 10.1. The molecular weight excluding hydrogens is 252 g/mol. The van der Waals surface area contributed by atoms with E-state index in [1.165, 1.54) is 0 Å². The normalized spacial score (nSPS) is 17.9. The number of hydrogen-bond donors (Lipinski definition) is 1. The van der Waals surface area contributed by atoms with Gasteiger partial charge < -0.3 is 15.1 Å². The van der Waals surface area contributed by atoms with Gasteiger partial charge in [-0.1, -0.05) is 6.07 Å². The number of nitrogens with two attached hydrogens (primary N) is 1. The summed E-state index contributed by atoms with van der Waals surface area (Å²) in [6.45, 7) is 10.7. The lowest BCUT2D eigenvalue weighted by molar-refractivity contribution is 0.127. The monoisotopic (exact) mass is 274 g/mol. The van der Waals surface area contributed by atoms with Crippen LogP contribution >= 0.6 is 0 Å². The van der Waals surface area contributed by atoms with Crippen LogP contribution in [0.15, 0.2) is 22.6 Å². The fourth-order valence-electron chi connectivity index (χ4n) is 2.66. The van der Waals surface area contributed by atoms with Gasteiger partial charge in [0.2, 0.25) is 0 Å². The van der Waals surface area contributed by atoms with Crippen molar-refractivity contribution in [3.8, 4) is 0 Å². The van der Waals surface area contributed by atoms with Gasteiger partial charge in [0.15, 0.2) is 5.58 Å². The maximum absolute atomic E-state index is 5.93. The summed E-state index contributed by atoms with van der Waals surface area (Å²) in [7, 11) is 0. The highest BCUT2D eigenvalue weighted by Gasteiger charge is 2.27. The lowest BCUT2D eigenvalue weighted by Gasteiger charge is -2.41. The maximum atomic E-state index is 5.93. The molecule has 2 N–H and O–H groups in total. The molecule has 5 nitrogen and oxygen atoms in total. The summed E-state index contributed by atoms with van der Waals surface area (Å²) in [5.74, 6) is 0. The Kier molecular flexibility index (Phi) is 3.09. The Morgan fingerprint density at radius 1 is 1.15 bits per heavy atom. The van der Waals surface area contributed by atoms with Crippen LogP contribution in [-0.2, 0) is 0 Å². The number of para-hydroxylation sites is 1. The molecule has 0 radical (unpaired) electrons. The van der Waals surface area contributed by atoms with Gasteiger partial charge in [0.05, 0.1) is 5.69 Å². The van der Waals surface area contributed by atoms with Crippen LogP contribution in [0.25, 0.3) is 11.1 Å². The molecule has 20 heavy (non-hydrogen) atoms. The average molecular weight is 274 g/mol. The molecule has 1 aliphatic rings. The molecule has 1 aromatic carbocycles. The third-order valence-corrected chi connectivity index (χ3v) is 3.94. The summed E-state index contributed by atoms with van der Waals surface area (Å²) in [5, 5.41) is 0. The Labute approximate surface area is 119 Å². The molecule has 0 bridgehead atoms. The molecule has 0 unspecified atom stereocenters. The highest BCUT2D eigenvalue weighted by Crippen LogP contribution is 2.27. The van der Waals surface area contributed by atoms with Crippen molar-refractivity contribution in [3.63, 3.8) is 0 Å². The maximum Gasteiger partial charge on any atom is 0.298 e. The number of benzene rings is 1. The summed E-state index contributed by atoms with van der Waals surface area (Å²) >= 11 is 0. The molecule has 2 heterocycles. The van der Waals surface area contributed by atoms with E-state index in [1.807, 2.05) is 18.2 Å². The number of anilines is 2. The second-order valence-electron chi connectivity index (χ2n) is 6.34. The number of nitrogen functional groups attached to an aromatic ring is 1. The predicted octanol–water partition coefficient (Wildman–Crippen LogP) is 2.33. The van der Waals surface area contributed by atoms with E-state index in [0.29, 0.717) is 11.7 Å². The van der Waals surface area contributed by atoms with Crippen LogP contribution in [-0.4, -0.2) is 41.6 Å². The van der Waals surface area contributed by atoms with Gasteiger partial charge >= 0.3 is 0 Å². The van der Waals surface area contributed by atoms with Crippen molar-refractivity contribution < 1.29 is 4.42 Å². The van der Waals surface area contributed by atoms with Crippen molar-refractivity contribution in [2.45, 2.75) is 26.3 Å². The number of oxazole rings is 1. The van der Waals surface area contributed by atoms with Crippen molar-refractivity contribution in [1.29, 1.82) is 0 Å². The first kappa shape index (κ1) is 13.2. The van der Waals surface area contributed by atoms with Crippen molar-refractivity contribution in [2.24, 2.45) is 0 Å². The minimum Gasteiger partial charge on any atom is -0.423 e. The lowest BCUT2D eigenvalue weighted by Crippen LogP contribution is -2.53. The minimum absolute atomic E-state index is 0.220. The van der Waals surface area contributed by atoms with E-state index in [0.717, 1.165) is 37.3 Å². The smallest absolute Gasteiger partial charge is 0.298 e. The zero-order valence-corrected chi connectivity index (χ0v) is 12.4. The van der Waals surface area contributed by atoms with Gasteiger partial charge in [0.25, 0.3) is 6.01 Å². The van der Waals surface area contributed by atoms with Gasteiger partial charge in [-0.05, 0) is 32.9 Å². The molecule has 0 saturated carbocycles. The van der Waals surface area contributed by atoms with Crippen LogP contribution in [0.2, 0.25) is 0 Å². The standard InChI is InChI=1S/C15H22N4O/c1-15(2,3)19-9-7-18(8-10-19)14-17-13-11(16)5-4-6-12(13)20-14/h4-6H,7-10,16H2,1-3H3. The van der Waals surface area contributed by atoms with E-state index >= 15 is 0 Å². The van der Waals surface area contributed by atoms with Crippen LogP contribution in [0.5, 0.6) is 0 Å². The number of piperazine rings is 1. The first-order valence-corrected chi connectivity index (χ1v) is 7.10. The quantitative estimate of drug-likeness (QED) is 0.809.